The van der Waals surface area contributed by atoms with E-state index in [0.29, 0.717) is 11.8 Å². The van der Waals surface area contributed by atoms with Crippen LogP contribution in [-0.2, 0) is 6.42 Å². The van der Waals surface area contributed by atoms with Crippen molar-refractivity contribution in [3.63, 3.8) is 0 Å². The van der Waals surface area contributed by atoms with Gasteiger partial charge in [-0.15, -0.1) is 0 Å². The summed E-state index contributed by atoms with van der Waals surface area (Å²) in [5.41, 5.74) is 0.971. The van der Waals surface area contributed by atoms with E-state index in [9.17, 15) is 5.21 Å². The molecule has 0 heterocycles. The molecule has 2 aliphatic rings. The predicted octanol–water partition coefficient (Wildman–Crippen LogP) is 5.25. The third kappa shape index (κ3) is 3.44. The SMILES string of the molecule is ON=CC1(Cc2ccccc2)C2C=CC(C2)[CH]1[Sn]([Cl])([c]1ccccc1)[c]1ccccc1. The summed E-state index contributed by atoms with van der Waals surface area (Å²) in [4.78, 5) is 0. The molecule has 156 valence electrons. The van der Waals surface area contributed by atoms with Crippen LogP contribution in [0.5, 0.6) is 0 Å². The fraction of sp³-hybridized carbons (Fsp3) is 0.222. The fourth-order valence-electron chi connectivity index (χ4n) is 6.07. The number of oxime groups is 1. The van der Waals surface area contributed by atoms with Crippen molar-refractivity contribution in [2.45, 2.75) is 16.8 Å². The predicted molar refractivity (Wildman–Crippen MR) is 131 cm³/mol. The first-order valence-electron chi connectivity index (χ1n) is 10.9. The molecular formula is C27H26ClNOSn. The van der Waals surface area contributed by atoms with Gasteiger partial charge in [0.25, 0.3) is 0 Å². The van der Waals surface area contributed by atoms with Crippen molar-refractivity contribution in [1.29, 1.82) is 0 Å². The molecule has 4 unspecified atom stereocenters. The summed E-state index contributed by atoms with van der Waals surface area (Å²) in [5.74, 6) is 0.737. The number of hydrogen-bond donors (Lipinski definition) is 1. The van der Waals surface area contributed by atoms with E-state index in [0.717, 1.165) is 12.8 Å². The second kappa shape index (κ2) is 8.48. The number of fused-ring (bicyclic) bond motifs is 2. The van der Waals surface area contributed by atoms with Crippen LogP contribution in [0, 0.1) is 17.3 Å². The van der Waals surface area contributed by atoms with E-state index >= 15 is 0 Å². The van der Waals surface area contributed by atoms with E-state index in [1.54, 1.807) is 0 Å². The number of hydrogen-bond acceptors (Lipinski definition) is 2. The van der Waals surface area contributed by atoms with Crippen LogP contribution in [0.4, 0.5) is 0 Å². The zero-order valence-corrected chi connectivity index (χ0v) is 20.9. The maximum absolute atomic E-state index is 9.85. The average Bonchev–Trinajstić information content (AvgIpc) is 3.41. The molecule has 1 fully saturated rings. The van der Waals surface area contributed by atoms with Gasteiger partial charge in [-0.3, -0.25) is 0 Å². The van der Waals surface area contributed by atoms with Gasteiger partial charge in [-0.1, -0.05) is 0 Å². The number of rotatable bonds is 6. The molecule has 0 amide bonds. The van der Waals surface area contributed by atoms with Crippen molar-refractivity contribution in [3.8, 4) is 0 Å². The number of benzene rings is 3. The topological polar surface area (TPSA) is 32.6 Å². The Kier molecular flexibility index (Phi) is 5.70. The van der Waals surface area contributed by atoms with Gasteiger partial charge >= 0.3 is 193 Å². The van der Waals surface area contributed by atoms with Gasteiger partial charge in [0.1, 0.15) is 0 Å². The molecule has 4 atom stereocenters. The van der Waals surface area contributed by atoms with E-state index in [4.69, 9.17) is 8.92 Å². The quantitative estimate of drug-likeness (QED) is 0.151. The van der Waals surface area contributed by atoms with Gasteiger partial charge in [-0.05, 0) is 0 Å². The third-order valence-corrected chi connectivity index (χ3v) is 23.7. The van der Waals surface area contributed by atoms with Crippen molar-refractivity contribution in [2.75, 3.05) is 0 Å². The van der Waals surface area contributed by atoms with Gasteiger partial charge in [0.2, 0.25) is 0 Å². The van der Waals surface area contributed by atoms with Gasteiger partial charge in [0, 0.05) is 0 Å². The Balaban J connectivity index is 1.73. The van der Waals surface area contributed by atoms with Crippen molar-refractivity contribution >= 4 is 39.5 Å². The van der Waals surface area contributed by atoms with Crippen LogP contribution in [0.3, 0.4) is 0 Å². The Morgan fingerprint density at radius 3 is 1.97 bits per heavy atom. The molecule has 1 N–H and O–H groups in total. The molecule has 0 aliphatic heterocycles. The first-order chi connectivity index (χ1) is 15.2. The van der Waals surface area contributed by atoms with Crippen LogP contribution in [0.1, 0.15) is 12.0 Å². The molecule has 2 nitrogen and oxygen atoms in total. The molecular weight excluding hydrogens is 508 g/mol. The van der Waals surface area contributed by atoms with Crippen molar-refractivity contribution in [1.82, 2.24) is 0 Å². The molecule has 2 bridgehead atoms. The van der Waals surface area contributed by atoms with Crippen molar-refractivity contribution in [3.05, 3.63) is 109 Å². The second-order valence-electron chi connectivity index (χ2n) is 8.83. The molecule has 1 saturated carbocycles. The molecule has 5 rings (SSSR count). The van der Waals surface area contributed by atoms with Gasteiger partial charge in [-0.25, -0.2) is 0 Å². The van der Waals surface area contributed by atoms with Crippen LogP contribution >= 0.6 is 8.92 Å². The molecule has 0 spiro atoms. The summed E-state index contributed by atoms with van der Waals surface area (Å²) < 4.78 is 2.83. The van der Waals surface area contributed by atoms with E-state index in [2.05, 4.69) is 102 Å². The monoisotopic (exact) mass is 535 g/mol. The average molecular weight is 535 g/mol. The summed E-state index contributed by atoms with van der Waals surface area (Å²) >= 11 is -3.75. The van der Waals surface area contributed by atoms with E-state index < -0.39 is 17.3 Å². The molecule has 0 saturated heterocycles. The Hall–Kier alpha value is -2.04. The molecule has 3 aromatic rings. The fourth-order valence-corrected chi connectivity index (χ4v) is 22.7. The molecule has 2 aliphatic carbocycles. The Morgan fingerprint density at radius 1 is 0.871 bits per heavy atom. The van der Waals surface area contributed by atoms with E-state index in [1.807, 2.05) is 12.3 Å². The normalized spacial score (nSPS) is 27.2. The second-order valence-corrected chi connectivity index (χ2v) is 22.0. The summed E-state index contributed by atoms with van der Waals surface area (Å²) in [5, 5.41) is 13.5. The van der Waals surface area contributed by atoms with Gasteiger partial charge in [-0.2, -0.15) is 0 Å². The Morgan fingerprint density at radius 2 is 1.42 bits per heavy atom. The van der Waals surface area contributed by atoms with E-state index in [-0.39, 0.29) is 9.35 Å². The molecule has 3 aromatic carbocycles. The Labute approximate surface area is 191 Å². The molecule has 0 radical (unpaired) electrons. The van der Waals surface area contributed by atoms with Crippen LogP contribution in [0.2, 0.25) is 3.93 Å². The summed E-state index contributed by atoms with van der Waals surface area (Å²) in [7, 11) is 8.01. The number of allylic oxidation sites excluding steroid dienone is 2. The summed E-state index contributed by atoms with van der Waals surface area (Å²) in [6, 6.07) is 32.0. The van der Waals surface area contributed by atoms with Gasteiger partial charge in [0.05, 0.1) is 0 Å². The number of halogens is 1. The first kappa shape index (κ1) is 20.8. The maximum atomic E-state index is 9.85. The molecule has 31 heavy (non-hydrogen) atoms. The zero-order chi connectivity index (χ0) is 21.3. The minimum atomic E-state index is -3.75. The van der Waals surface area contributed by atoms with Crippen molar-refractivity contribution in [2.24, 2.45) is 22.4 Å². The molecule has 0 aromatic heterocycles. The van der Waals surface area contributed by atoms with Crippen molar-refractivity contribution < 1.29 is 5.21 Å². The van der Waals surface area contributed by atoms with E-state index in [1.165, 1.54) is 12.7 Å². The summed E-state index contributed by atoms with van der Waals surface area (Å²) in [6.07, 6.45) is 8.46. The Bertz CT molecular complexity index is 1050. The third-order valence-electron chi connectivity index (χ3n) is 7.28. The number of nitrogens with zero attached hydrogens (tertiary/aromatic N) is 1. The van der Waals surface area contributed by atoms with Gasteiger partial charge in [0.15, 0.2) is 0 Å². The first-order valence-corrected chi connectivity index (χ1v) is 19.0. The van der Waals surface area contributed by atoms with Gasteiger partial charge < -0.3 is 0 Å². The zero-order valence-electron chi connectivity index (χ0n) is 17.3. The van der Waals surface area contributed by atoms with Crippen LogP contribution in [-0.4, -0.2) is 28.7 Å². The van der Waals surface area contributed by atoms with Crippen LogP contribution in [0.15, 0.2) is 108 Å². The standard InChI is InChI=1S/C15H16NO.2C6H5.ClH.Sn/c17-16-11-15(9-12-4-2-1-3-5-12)10-13-6-7-14(15)8-13;2*1-2-4-6-5-3-1;;/h1-7,10-11,13-14,17H,8-9H2;2*1-5H;1H;/q;;;;+1/p-1. The minimum absolute atomic E-state index is 0.249. The summed E-state index contributed by atoms with van der Waals surface area (Å²) in [6.45, 7) is 0. The molecule has 4 heteroatoms. The van der Waals surface area contributed by atoms with Crippen LogP contribution < -0.4 is 7.16 Å². The van der Waals surface area contributed by atoms with Crippen LogP contribution in [0.25, 0.3) is 0 Å².